The smallest absolute Gasteiger partial charge is 0.308 e. The first-order valence-electron chi connectivity index (χ1n) is 8.77. The highest BCUT2D eigenvalue weighted by atomic mass is 16.5. The monoisotopic (exact) mass is 383 g/mol. The summed E-state index contributed by atoms with van der Waals surface area (Å²) in [6.07, 6.45) is 0.233. The molecule has 28 heavy (non-hydrogen) atoms. The number of hydrogen-bond donors (Lipinski definition) is 2. The predicted octanol–water partition coefficient (Wildman–Crippen LogP) is 2.52. The third-order valence-corrected chi connectivity index (χ3v) is 4.51. The number of carbonyl (C=O) groups excluding carboxylic acids is 1. The topological polar surface area (TPSA) is 115 Å². The fraction of sp³-hybridized carbons (Fsp3) is 0.300. The Balaban J connectivity index is 1.78. The van der Waals surface area contributed by atoms with Crippen molar-refractivity contribution in [3.63, 3.8) is 0 Å². The molecule has 8 heteroatoms. The second-order valence-corrected chi connectivity index (χ2v) is 6.52. The van der Waals surface area contributed by atoms with E-state index in [2.05, 4.69) is 15.5 Å². The van der Waals surface area contributed by atoms with Gasteiger partial charge in [-0.05, 0) is 38.0 Å². The maximum absolute atomic E-state index is 12.7. The number of hydrogen-bond acceptors (Lipinski definition) is 6. The molecule has 1 atom stereocenters. The van der Waals surface area contributed by atoms with Crippen LogP contribution < -0.4 is 10.1 Å². The number of rotatable bonds is 7. The van der Waals surface area contributed by atoms with Crippen molar-refractivity contribution < 1.29 is 24.0 Å². The van der Waals surface area contributed by atoms with Crippen LogP contribution in [0, 0.1) is 19.8 Å². The van der Waals surface area contributed by atoms with Crippen molar-refractivity contribution in [1.29, 1.82) is 0 Å². The molecule has 2 heterocycles. The normalized spacial score (nSPS) is 12.0. The number of methoxy groups -OCH3 is 1. The number of nitrogens with one attached hydrogen (secondary N) is 1. The number of aryl methyl sites for hydroxylation is 2. The highest BCUT2D eigenvalue weighted by molar-refractivity contribution is 6.06. The summed E-state index contributed by atoms with van der Waals surface area (Å²) in [5, 5.41) is 16.7. The van der Waals surface area contributed by atoms with Gasteiger partial charge in [0.2, 0.25) is 0 Å². The van der Waals surface area contributed by atoms with Crippen molar-refractivity contribution in [2.75, 3.05) is 13.7 Å². The minimum Gasteiger partial charge on any atom is -0.496 e. The Kier molecular flexibility index (Phi) is 5.58. The van der Waals surface area contributed by atoms with Crippen molar-refractivity contribution in [3.8, 4) is 5.75 Å². The van der Waals surface area contributed by atoms with Crippen LogP contribution in [0.4, 0.5) is 0 Å². The number of aliphatic carboxylic acids is 1. The van der Waals surface area contributed by atoms with Gasteiger partial charge in [-0.15, -0.1) is 0 Å². The van der Waals surface area contributed by atoms with Crippen LogP contribution in [-0.2, 0) is 11.2 Å². The van der Waals surface area contributed by atoms with E-state index in [4.69, 9.17) is 9.26 Å². The Morgan fingerprint density at radius 1 is 1.29 bits per heavy atom. The maximum atomic E-state index is 12.7. The number of benzene rings is 1. The average molecular weight is 383 g/mol. The van der Waals surface area contributed by atoms with Crippen molar-refractivity contribution in [3.05, 3.63) is 52.8 Å². The lowest BCUT2D eigenvalue weighted by molar-refractivity contribution is -0.141. The number of fused-ring (bicyclic) bond motifs is 1. The predicted molar refractivity (Wildman–Crippen MR) is 101 cm³/mol. The molecule has 0 spiro atoms. The molecule has 0 fully saturated rings. The van der Waals surface area contributed by atoms with Crippen molar-refractivity contribution >= 4 is 23.0 Å². The third-order valence-electron chi connectivity index (χ3n) is 4.51. The summed E-state index contributed by atoms with van der Waals surface area (Å²) in [4.78, 5) is 28.7. The lowest BCUT2D eigenvalue weighted by Gasteiger charge is -2.16. The number of ether oxygens (including phenoxy) is 1. The van der Waals surface area contributed by atoms with Crippen molar-refractivity contribution in [2.24, 2.45) is 5.92 Å². The SMILES string of the molecule is COc1ccccc1CC(CNC(=O)c1cc(C)nc2onc(C)c12)C(=O)O. The number of carboxylic acid groups (broad SMARTS) is 1. The molecule has 0 radical (unpaired) electrons. The maximum Gasteiger partial charge on any atom is 0.308 e. The summed E-state index contributed by atoms with van der Waals surface area (Å²) in [7, 11) is 1.54. The molecule has 0 saturated carbocycles. The van der Waals surface area contributed by atoms with E-state index in [-0.39, 0.29) is 18.7 Å². The van der Waals surface area contributed by atoms with Gasteiger partial charge < -0.3 is 19.7 Å². The average Bonchev–Trinajstić information content (AvgIpc) is 3.04. The first kappa shape index (κ1) is 19.3. The van der Waals surface area contributed by atoms with E-state index in [0.717, 1.165) is 5.56 Å². The second kappa shape index (κ2) is 8.08. The molecule has 8 nitrogen and oxygen atoms in total. The molecule has 146 valence electrons. The van der Waals surface area contributed by atoms with Gasteiger partial charge in [0.05, 0.1) is 29.7 Å². The molecule has 0 aliphatic carbocycles. The molecule has 2 N–H and O–H groups in total. The molecular formula is C20H21N3O5. The highest BCUT2D eigenvalue weighted by Gasteiger charge is 2.23. The first-order chi connectivity index (χ1) is 13.4. The van der Waals surface area contributed by atoms with Crippen LogP contribution in [0.25, 0.3) is 11.1 Å². The van der Waals surface area contributed by atoms with Gasteiger partial charge in [0, 0.05) is 12.2 Å². The van der Waals surface area contributed by atoms with Crippen LogP contribution in [0.1, 0.15) is 27.3 Å². The van der Waals surface area contributed by atoms with Crippen molar-refractivity contribution in [1.82, 2.24) is 15.5 Å². The summed E-state index contributed by atoms with van der Waals surface area (Å²) in [5.74, 6) is -1.58. The van der Waals surface area contributed by atoms with Gasteiger partial charge in [0.25, 0.3) is 11.6 Å². The fourth-order valence-electron chi connectivity index (χ4n) is 3.09. The summed E-state index contributed by atoms with van der Waals surface area (Å²) in [6, 6.07) is 8.86. The van der Waals surface area contributed by atoms with E-state index in [1.165, 1.54) is 7.11 Å². The Hall–Kier alpha value is -3.42. The van der Waals surface area contributed by atoms with E-state index in [0.29, 0.717) is 28.1 Å². The Bertz CT molecular complexity index is 1030. The molecule has 1 amide bonds. The molecule has 0 bridgehead atoms. The summed E-state index contributed by atoms with van der Waals surface area (Å²) < 4.78 is 10.4. The zero-order valence-corrected chi connectivity index (χ0v) is 15.9. The molecule has 0 aliphatic heterocycles. The number of carbonyl (C=O) groups is 2. The number of carboxylic acids is 1. The third kappa shape index (κ3) is 3.95. The second-order valence-electron chi connectivity index (χ2n) is 6.52. The number of nitrogens with zero attached hydrogens (tertiary/aromatic N) is 2. The van der Waals surface area contributed by atoms with Crippen LogP contribution in [0.15, 0.2) is 34.9 Å². The van der Waals surface area contributed by atoms with Crippen LogP contribution in [0.5, 0.6) is 5.75 Å². The highest BCUT2D eigenvalue weighted by Crippen LogP contribution is 2.23. The van der Waals surface area contributed by atoms with Crippen LogP contribution >= 0.6 is 0 Å². The summed E-state index contributed by atoms with van der Waals surface area (Å²) >= 11 is 0. The Morgan fingerprint density at radius 2 is 2.04 bits per heavy atom. The molecular weight excluding hydrogens is 362 g/mol. The summed E-state index contributed by atoms with van der Waals surface area (Å²) in [6.45, 7) is 3.44. The van der Waals surface area contributed by atoms with Crippen molar-refractivity contribution in [2.45, 2.75) is 20.3 Å². The zero-order chi connectivity index (χ0) is 20.3. The molecule has 1 unspecified atom stereocenters. The van der Waals surface area contributed by atoms with Gasteiger partial charge in [0.15, 0.2) is 0 Å². The molecule has 0 aliphatic rings. The van der Waals surface area contributed by atoms with E-state index in [1.807, 2.05) is 18.2 Å². The number of para-hydroxylation sites is 1. The first-order valence-corrected chi connectivity index (χ1v) is 8.77. The summed E-state index contributed by atoms with van der Waals surface area (Å²) in [5.41, 5.74) is 2.58. The van der Waals surface area contributed by atoms with Gasteiger partial charge in [-0.3, -0.25) is 9.59 Å². The van der Waals surface area contributed by atoms with Gasteiger partial charge in [-0.1, -0.05) is 23.4 Å². The van der Waals surface area contributed by atoms with Crippen LogP contribution in [0.3, 0.4) is 0 Å². The molecule has 3 aromatic rings. The quantitative estimate of drug-likeness (QED) is 0.644. The minimum atomic E-state index is -0.997. The minimum absolute atomic E-state index is 0.0284. The molecule has 2 aromatic heterocycles. The number of aromatic nitrogens is 2. The van der Waals surface area contributed by atoms with Gasteiger partial charge in [-0.2, -0.15) is 0 Å². The van der Waals surface area contributed by atoms with E-state index in [9.17, 15) is 14.7 Å². The zero-order valence-electron chi connectivity index (χ0n) is 15.9. The fourth-order valence-corrected chi connectivity index (χ4v) is 3.09. The van der Waals surface area contributed by atoms with Gasteiger partial charge in [-0.25, -0.2) is 4.98 Å². The van der Waals surface area contributed by atoms with Crippen LogP contribution in [-0.4, -0.2) is 40.8 Å². The number of pyridine rings is 1. The van der Waals surface area contributed by atoms with Gasteiger partial charge >= 0.3 is 5.97 Å². The standard InChI is InChI=1S/C20H21N3O5/c1-11-8-15(17-12(2)23-28-19(17)22-11)18(24)21-10-14(20(25)26)9-13-6-4-5-7-16(13)27-3/h4-8,14H,9-10H2,1-3H3,(H,21,24)(H,25,26). The molecule has 3 rings (SSSR count). The lowest BCUT2D eigenvalue weighted by atomic mass is 9.98. The number of amides is 1. The van der Waals surface area contributed by atoms with E-state index >= 15 is 0 Å². The molecule has 0 saturated heterocycles. The largest absolute Gasteiger partial charge is 0.496 e. The van der Waals surface area contributed by atoms with E-state index < -0.39 is 17.8 Å². The van der Waals surface area contributed by atoms with Crippen LogP contribution in [0.2, 0.25) is 0 Å². The Morgan fingerprint density at radius 3 is 2.75 bits per heavy atom. The molecule has 1 aromatic carbocycles. The Labute approximate surface area is 161 Å². The van der Waals surface area contributed by atoms with E-state index in [1.54, 1.807) is 26.0 Å². The van der Waals surface area contributed by atoms with Gasteiger partial charge in [0.1, 0.15) is 5.75 Å². The lowest BCUT2D eigenvalue weighted by Crippen LogP contribution is -2.34.